The number of hydrogen-bond acceptors (Lipinski definition) is 3. The molecule has 14 heavy (non-hydrogen) atoms. The standard InChI is InChI=1S/C9H18N2O2S/c1-3-4-7(9(12)13)11(2)6-5-8(10)14/h7H,3-6H2,1-2H3,(H2,10,14)(H,12,13). The number of rotatable bonds is 7. The molecule has 0 saturated carbocycles. The van der Waals surface area contributed by atoms with Crippen LogP contribution in [0.5, 0.6) is 0 Å². The van der Waals surface area contributed by atoms with Crippen LogP contribution < -0.4 is 5.73 Å². The summed E-state index contributed by atoms with van der Waals surface area (Å²) in [7, 11) is 1.78. The third-order valence-electron chi connectivity index (χ3n) is 2.09. The molecular formula is C9H18N2O2S. The van der Waals surface area contributed by atoms with Crippen LogP contribution in [0.1, 0.15) is 26.2 Å². The molecule has 0 aliphatic rings. The van der Waals surface area contributed by atoms with Crippen molar-refractivity contribution in [2.75, 3.05) is 13.6 Å². The quantitative estimate of drug-likeness (QED) is 0.620. The summed E-state index contributed by atoms with van der Waals surface area (Å²) < 4.78 is 0. The van der Waals surface area contributed by atoms with E-state index in [2.05, 4.69) is 0 Å². The number of thiocarbonyl (C=S) groups is 1. The van der Waals surface area contributed by atoms with Gasteiger partial charge >= 0.3 is 5.97 Å². The first-order chi connectivity index (χ1) is 6.49. The zero-order valence-corrected chi connectivity index (χ0v) is 9.51. The number of carboxylic acids is 1. The second-order valence-electron chi connectivity index (χ2n) is 3.34. The molecular weight excluding hydrogens is 200 g/mol. The largest absolute Gasteiger partial charge is 0.480 e. The second kappa shape index (κ2) is 6.73. The van der Waals surface area contributed by atoms with Crippen LogP contribution in [-0.4, -0.2) is 40.6 Å². The summed E-state index contributed by atoms with van der Waals surface area (Å²) >= 11 is 4.73. The minimum Gasteiger partial charge on any atom is -0.480 e. The lowest BCUT2D eigenvalue weighted by Crippen LogP contribution is -2.39. The van der Waals surface area contributed by atoms with E-state index in [9.17, 15) is 4.79 Å². The average Bonchev–Trinajstić information content (AvgIpc) is 2.09. The van der Waals surface area contributed by atoms with Crippen molar-refractivity contribution in [1.29, 1.82) is 0 Å². The van der Waals surface area contributed by atoms with Crippen molar-refractivity contribution in [3.8, 4) is 0 Å². The highest BCUT2D eigenvalue weighted by Gasteiger charge is 2.20. The van der Waals surface area contributed by atoms with Gasteiger partial charge in [0, 0.05) is 13.0 Å². The second-order valence-corrected chi connectivity index (χ2v) is 3.86. The number of nitrogens with two attached hydrogens (primary N) is 1. The van der Waals surface area contributed by atoms with Crippen LogP contribution in [0.3, 0.4) is 0 Å². The molecule has 0 bridgehead atoms. The Bertz CT molecular complexity index is 209. The zero-order valence-electron chi connectivity index (χ0n) is 8.69. The summed E-state index contributed by atoms with van der Waals surface area (Å²) in [5.74, 6) is -0.780. The molecule has 0 radical (unpaired) electrons. The van der Waals surface area contributed by atoms with Gasteiger partial charge < -0.3 is 10.8 Å². The van der Waals surface area contributed by atoms with E-state index in [4.69, 9.17) is 23.1 Å². The lowest BCUT2D eigenvalue weighted by atomic mass is 10.1. The summed E-state index contributed by atoms with van der Waals surface area (Å²) in [6, 6.07) is -0.422. The topological polar surface area (TPSA) is 66.6 Å². The van der Waals surface area contributed by atoms with Crippen molar-refractivity contribution in [2.24, 2.45) is 5.73 Å². The van der Waals surface area contributed by atoms with E-state index in [1.165, 1.54) is 0 Å². The van der Waals surface area contributed by atoms with Crippen LogP contribution in [-0.2, 0) is 4.79 Å². The lowest BCUT2D eigenvalue weighted by Gasteiger charge is -2.23. The fraction of sp³-hybridized carbons (Fsp3) is 0.778. The summed E-state index contributed by atoms with van der Waals surface area (Å²) in [5.41, 5.74) is 5.35. The number of nitrogens with zero attached hydrogens (tertiary/aromatic N) is 1. The Kier molecular flexibility index (Phi) is 6.40. The monoisotopic (exact) mass is 218 g/mol. The Morgan fingerprint density at radius 1 is 1.64 bits per heavy atom. The smallest absolute Gasteiger partial charge is 0.320 e. The van der Waals surface area contributed by atoms with Gasteiger partial charge in [0.1, 0.15) is 6.04 Å². The number of likely N-dealkylation sites (N-methyl/N-ethyl adjacent to an activating group) is 1. The molecule has 0 spiro atoms. The van der Waals surface area contributed by atoms with Gasteiger partial charge in [-0.15, -0.1) is 0 Å². The van der Waals surface area contributed by atoms with Gasteiger partial charge in [0.15, 0.2) is 0 Å². The van der Waals surface area contributed by atoms with Crippen LogP contribution in [0.2, 0.25) is 0 Å². The summed E-state index contributed by atoms with van der Waals surface area (Å²) in [4.78, 5) is 13.1. The first-order valence-corrected chi connectivity index (χ1v) is 5.11. The summed E-state index contributed by atoms with van der Waals surface area (Å²) in [6.07, 6.45) is 2.08. The Balaban J connectivity index is 4.07. The van der Waals surface area contributed by atoms with Gasteiger partial charge in [-0.1, -0.05) is 25.6 Å². The molecule has 0 amide bonds. The summed E-state index contributed by atoms with van der Waals surface area (Å²) in [5, 5.41) is 8.93. The van der Waals surface area contributed by atoms with Crippen molar-refractivity contribution in [3.63, 3.8) is 0 Å². The van der Waals surface area contributed by atoms with Crippen molar-refractivity contribution >= 4 is 23.2 Å². The van der Waals surface area contributed by atoms with E-state index in [-0.39, 0.29) is 0 Å². The average molecular weight is 218 g/mol. The summed E-state index contributed by atoms with van der Waals surface area (Å²) in [6.45, 7) is 2.57. The molecule has 0 rings (SSSR count). The molecule has 0 aliphatic heterocycles. The highest BCUT2D eigenvalue weighted by Crippen LogP contribution is 2.05. The number of aliphatic carboxylic acids is 1. The molecule has 3 N–H and O–H groups in total. The lowest BCUT2D eigenvalue weighted by molar-refractivity contribution is -0.143. The Labute approximate surface area is 90.1 Å². The fourth-order valence-electron chi connectivity index (χ4n) is 1.25. The first-order valence-electron chi connectivity index (χ1n) is 4.70. The maximum atomic E-state index is 10.9. The maximum absolute atomic E-state index is 10.9. The van der Waals surface area contributed by atoms with E-state index < -0.39 is 12.0 Å². The highest BCUT2D eigenvalue weighted by atomic mass is 32.1. The first kappa shape index (κ1) is 13.3. The van der Waals surface area contributed by atoms with E-state index in [1.807, 2.05) is 6.92 Å². The normalized spacial score (nSPS) is 12.8. The van der Waals surface area contributed by atoms with Crippen LogP contribution >= 0.6 is 12.2 Å². The van der Waals surface area contributed by atoms with E-state index >= 15 is 0 Å². The van der Waals surface area contributed by atoms with Gasteiger partial charge in [0.2, 0.25) is 0 Å². The van der Waals surface area contributed by atoms with Gasteiger partial charge in [-0.25, -0.2) is 0 Å². The molecule has 0 aromatic carbocycles. The molecule has 0 aromatic heterocycles. The van der Waals surface area contributed by atoms with Gasteiger partial charge in [0.05, 0.1) is 4.99 Å². The predicted octanol–water partition coefficient (Wildman–Crippen LogP) is 0.848. The van der Waals surface area contributed by atoms with Crippen LogP contribution in [0.4, 0.5) is 0 Å². The molecule has 1 unspecified atom stereocenters. The zero-order chi connectivity index (χ0) is 11.1. The predicted molar refractivity (Wildman–Crippen MR) is 60.4 cm³/mol. The maximum Gasteiger partial charge on any atom is 0.320 e. The van der Waals surface area contributed by atoms with Crippen LogP contribution in [0.15, 0.2) is 0 Å². The van der Waals surface area contributed by atoms with E-state index in [0.717, 1.165) is 6.42 Å². The number of carbonyl (C=O) groups is 1. The van der Waals surface area contributed by atoms with Crippen molar-refractivity contribution < 1.29 is 9.90 Å². The third-order valence-corrected chi connectivity index (χ3v) is 2.29. The molecule has 0 aliphatic carbocycles. The van der Waals surface area contributed by atoms with Crippen LogP contribution in [0, 0.1) is 0 Å². The molecule has 5 heteroatoms. The molecule has 0 saturated heterocycles. The van der Waals surface area contributed by atoms with Gasteiger partial charge in [-0.05, 0) is 13.5 Å². The third kappa shape index (κ3) is 5.14. The minimum absolute atomic E-state index is 0.422. The minimum atomic E-state index is -0.780. The highest BCUT2D eigenvalue weighted by molar-refractivity contribution is 7.80. The van der Waals surface area contributed by atoms with Gasteiger partial charge in [-0.2, -0.15) is 0 Å². The fourth-order valence-corrected chi connectivity index (χ4v) is 1.34. The van der Waals surface area contributed by atoms with Crippen LogP contribution in [0.25, 0.3) is 0 Å². The van der Waals surface area contributed by atoms with E-state index in [1.54, 1.807) is 11.9 Å². The number of carboxylic acid groups (broad SMARTS) is 1. The molecule has 1 atom stereocenters. The van der Waals surface area contributed by atoms with E-state index in [0.29, 0.717) is 24.4 Å². The Morgan fingerprint density at radius 3 is 2.57 bits per heavy atom. The Morgan fingerprint density at radius 2 is 2.21 bits per heavy atom. The molecule has 0 aromatic rings. The van der Waals surface area contributed by atoms with Gasteiger partial charge in [-0.3, -0.25) is 9.69 Å². The molecule has 0 heterocycles. The van der Waals surface area contributed by atoms with Gasteiger partial charge in [0.25, 0.3) is 0 Å². The van der Waals surface area contributed by atoms with Crippen molar-refractivity contribution in [3.05, 3.63) is 0 Å². The SMILES string of the molecule is CCCC(C(=O)O)N(C)CCC(N)=S. The Hall–Kier alpha value is -0.680. The molecule has 82 valence electrons. The van der Waals surface area contributed by atoms with Crippen molar-refractivity contribution in [2.45, 2.75) is 32.2 Å². The number of hydrogen-bond donors (Lipinski definition) is 2. The van der Waals surface area contributed by atoms with Crippen molar-refractivity contribution in [1.82, 2.24) is 4.90 Å². The molecule has 4 nitrogen and oxygen atoms in total. The molecule has 0 fully saturated rings.